The first kappa shape index (κ1) is 17.2. The molecule has 4 aromatic rings. The molecule has 142 valence electrons. The van der Waals surface area contributed by atoms with Gasteiger partial charge in [-0.05, 0) is 45.7 Å². The number of aromatic nitrogens is 2. The van der Waals surface area contributed by atoms with Gasteiger partial charge in [-0.15, -0.1) is 0 Å². The maximum atomic E-state index is 12.8. The zero-order chi connectivity index (χ0) is 20.1. The van der Waals surface area contributed by atoms with Gasteiger partial charge in [0, 0.05) is 23.1 Å². The van der Waals surface area contributed by atoms with Gasteiger partial charge in [-0.2, -0.15) is 5.10 Å². The first-order valence-corrected chi connectivity index (χ1v) is 9.27. The topological polar surface area (TPSA) is 92.1 Å². The van der Waals surface area contributed by atoms with Gasteiger partial charge >= 0.3 is 0 Å². The largest absolute Gasteiger partial charge is 0.366 e. The molecule has 1 aromatic heterocycles. The zero-order valence-electron chi connectivity index (χ0n) is 15.6. The maximum Gasteiger partial charge on any atom is 0.254 e. The van der Waals surface area contributed by atoms with Crippen molar-refractivity contribution in [2.75, 3.05) is 6.54 Å². The van der Waals surface area contributed by atoms with Crippen LogP contribution in [0.3, 0.4) is 0 Å². The summed E-state index contributed by atoms with van der Waals surface area (Å²) in [5.41, 5.74) is 10.3. The Hall–Kier alpha value is -3.93. The van der Waals surface area contributed by atoms with Gasteiger partial charge in [-0.3, -0.25) is 14.7 Å². The molecular weight excluding hydrogens is 364 g/mol. The normalized spacial score (nSPS) is 13.2. The molecule has 2 heterocycles. The lowest BCUT2D eigenvalue weighted by atomic mass is 9.96. The van der Waals surface area contributed by atoms with Crippen LogP contribution < -0.4 is 5.73 Å². The molecule has 0 spiro atoms. The van der Waals surface area contributed by atoms with E-state index in [0.717, 1.165) is 38.4 Å². The highest BCUT2D eigenvalue weighted by Crippen LogP contribution is 2.34. The van der Waals surface area contributed by atoms with Gasteiger partial charge in [0.05, 0.1) is 18.3 Å². The summed E-state index contributed by atoms with van der Waals surface area (Å²) < 4.78 is 0. The number of carbonyl (C=O) groups excluding carboxylic acids is 2. The summed E-state index contributed by atoms with van der Waals surface area (Å²) in [6.07, 6.45) is 1.80. The Morgan fingerprint density at radius 3 is 2.62 bits per heavy atom. The van der Waals surface area contributed by atoms with E-state index in [-0.39, 0.29) is 18.0 Å². The van der Waals surface area contributed by atoms with Crippen LogP contribution in [0.4, 0.5) is 0 Å². The van der Waals surface area contributed by atoms with Crippen LogP contribution in [0.1, 0.15) is 15.9 Å². The highest BCUT2D eigenvalue weighted by molar-refractivity contribution is 6.05. The quantitative estimate of drug-likeness (QED) is 0.530. The Kier molecular flexibility index (Phi) is 3.74. The molecule has 0 saturated heterocycles. The van der Waals surface area contributed by atoms with Crippen molar-refractivity contribution in [2.24, 2.45) is 5.73 Å². The monoisotopic (exact) mass is 382 g/mol. The number of benzene rings is 3. The smallest absolute Gasteiger partial charge is 0.254 e. The van der Waals surface area contributed by atoms with Gasteiger partial charge in [-0.1, -0.05) is 36.9 Å². The number of primary amides is 1. The fourth-order valence-corrected chi connectivity index (χ4v) is 3.92. The standard InChI is InChI=1S/C23H18N4O2/c1-13(22(24)28)11-27-12-20-18(23(27)29)7-6-14-2-3-15(8-19(14)20)16-4-5-17-10-25-26-21(17)9-16/h2-10H,1,11-12H2,(H2,24,28)(H,25,26). The molecule has 6 nitrogen and oxygen atoms in total. The molecule has 3 aromatic carbocycles. The van der Waals surface area contributed by atoms with Gasteiger partial charge in [-0.25, -0.2) is 0 Å². The third-order valence-corrected chi connectivity index (χ3v) is 5.51. The summed E-state index contributed by atoms with van der Waals surface area (Å²) in [6.45, 7) is 4.25. The maximum absolute atomic E-state index is 12.8. The molecule has 0 saturated carbocycles. The lowest BCUT2D eigenvalue weighted by molar-refractivity contribution is -0.114. The van der Waals surface area contributed by atoms with Gasteiger partial charge in [0.15, 0.2) is 0 Å². The fourth-order valence-electron chi connectivity index (χ4n) is 3.92. The third-order valence-electron chi connectivity index (χ3n) is 5.51. The Balaban J connectivity index is 1.58. The summed E-state index contributed by atoms with van der Waals surface area (Å²) in [5.74, 6) is -0.691. The first-order valence-electron chi connectivity index (χ1n) is 9.27. The second-order valence-electron chi connectivity index (χ2n) is 7.33. The molecule has 0 radical (unpaired) electrons. The van der Waals surface area contributed by atoms with Crippen molar-refractivity contribution in [3.63, 3.8) is 0 Å². The molecule has 2 amide bonds. The Morgan fingerprint density at radius 2 is 1.83 bits per heavy atom. The molecule has 29 heavy (non-hydrogen) atoms. The molecule has 1 aliphatic rings. The van der Waals surface area contributed by atoms with Crippen LogP contribution in [0.25, 0.3) is 32.8 Å². The number of hydrogen-bond acceptors (Lipinski definition) is 3. The predicted molar refractivity (Wildman–Crippen MR) is 112 cm³/mol. The van der Waals surface area contributed by atoms with Gasteiger partial charge in [0.2, 0.25) is 5.91 Å². The van der Waals surface area contributed by atoms with Gasteiger partial charge < -0.3 is 10.6 Å². The van der Waals surface area contributed by atoms with Crippen molar-refractivity contribution in [3.05, 3.63) is 78.0 Å². The number of rotatable bonds is 4. The molecule has 1 aliphatic heterocycles. The number of carbonyl (C=O) groups is 2. The number of hydrogen-bond donors (Lipinski definition) is 2. The molecule has 0 unspecified atom stereocenters. The number of amides is 2. The van der Waals surface area contributed by atoms with E-state index in [1.54, 1.807) is 11.1 Å². The summed E-state index contributed by atoms with van der Waals surface area (Å²) in [5, 5.41) is 10.2. The number of nitrogens with zero attached hydrogens (tertiary/aromatic N) is 2. The minimum absolute atomic E-state index is 0.103. The van der Waals surface area contributed by atoms with Crippen LogP contribution in [0, 0.1) is 0 Å². The molecule has 0 fully saturated rings. The second kappa shape index (κ2) is 6.31. The van der Waals surface area contributed by atoms with Crippen LogP contribution in [0.15, 0.2) is 66.9 Å². The van der Waals surface area contributed by atoms with Crippen LogP contribution in [0.5, 0.6) is 0 Å². The first-order chi connectivity index (χ1) is 14.0. The van der Waals surface area contributed by atoms with Crippen LogP contribution >= 0.6 is 0 Å². The van der Waals surface area contributed by atoms with Crippen molar-refractivity contribution < 1.29 is 9.59 Å². The number of nitrogens with one attached hydrogen (secondary N) is 1. The summed E-state index contributed by atoms with van der Waals surface area (Å²) in [4.78, 5) is 25.7. The highest BCUT2D eigenvalue weighted by Gasteiger charge is 2.29. The number of nitrogens with two attached hydrogens (primary N) is 1. The lowest BCUT2D eigenvalue weighted by Gasteiger charge is -2.15. The molecule has 0 bridgehead atoms. The van der Waals surface area contributed by atoms with E-state index < -0.39 is 5.91 Å². The molecule has 6 heteroatoms. The van der Waals surface area contributed by atoms with E-state index in [1.165, 1.54) is 0 Å². The van der Waals surface area contributed by atoms with Crippen molar-refractivity contribution in [2.45, 2.75) is 6.54 Å². The Bertz CT molecular complexity index is 1340. The van der Waals surface area contributed by atoms with Crippen molar-refractivity contribution >= 4 is 33.5 Å². The van der Waals surface area contributed by atoms with E-state index in [9.17, 15) is 9.59 Å². The molecular formula is C23H18N4O2. The number of H-pyrrole nitrogens is 1. The summed E-state index contributed by atoms with van der Waals surface area (Å²) >= 11 is 0. The molecule has 5 rings (SSSR count). The van der Waals surface area contributed by atoms with Crippen LogP contribution in [-0.4, -0.2) is 33.5 Å². The van der Waals surface area contributed by atoms with E-state index in [1.807, 2.05) is 18.2 Å². The molecule has 0 atom stereocenters. The van der Waals surface area contributed by atoms with E-state index >= 15 is 0 Å². The Labute approximate surface area is 166 Å². The minimum atomic E-state index is -0.588. The fraction of sp³-hybridized carbons (Fsp3) is 0.0870. The number of aromatic amines is 1. The zero-order valence-corrected chi connectivity index (χ0v) is 15.6. The van der Waals surface area contributed by atoms with Crippen molar-refractivity contribution in [1.82, 2.24) is 15.1 Å². The third kappa shape index (κ3) is 2.77. The Morgan fingerprint density at radius 1 is 1.10 bits per heavy atom. The van der Waals surface area contributed by atoms with Crippen molar-refractivity contribution in [1.29, 1.82) is 0 Å². The lowest BCUT2D eigenvalue weighted by Crippen LogP contribution is -2.30. The van der Waals surface area contributed by atoms with Gasteiger partial charge in [0.1, 0.15) is 0 Å². The summed E-state index contributed by atoms with van der Waals surface area (Å²) in [6, 6.07) is 16.2. The molecule has 0 aliphatic carbocycles. The predicted octanol–water partition coefficient (Wildman–Crippen LogP) is 3.38. The minimum Gasteiger partial charge on any atom is -0.366 e. The van der Waals surface area contributed by atoms with E-state index in [2.05, 4.69) is 47.1 Å². The van der Waals surface area contributed by atoms with E-state index in [4.69, 9.17) is 5.73 Å². The molecule has 3 N–H and O–H groups in total. The van der Waals surface area contributed by atoms with Crippen LogP contribution in [0.2, 0.25) is 0 Å². The van der Waals surface area contributed by atoms with Crippen LogP contribution in [-0.2, 0) is 11.3 Å². The van der Waals surface area contributed by atoms with E-state index in [0.29, 0.717) is 12.1 Å². The van der Waals surface area contributed by atoms with Crippen molar-refractivity contribution in [3.8, 4) is 11.1 Å². The van der Waals surface area contributed by atoms with Gasteiger partial charge in [0.25, 0.3) is 5.91 Å². The average molecular weight is 382 g/mol. The second-order valence-corrected chi connectivity index (χ2v) is 7.33. The summed E-state index contributed by atoms with van der Waals surface area (Å²) in [7, 11) is 0. The number of fused-ring (bicyclic) bond motifs is 4. The highest BCUT2D eigenvalue weighted by atomic mass is 16.2. The SMILES string of the molecule is C=C(CN1Cc2c(ccc3ccc(-c4ccc5cn[nH]c5c4)cc23)C1=O)C(N)=O. The average Bonchev–Trinajstić information content (AvgIpc) is 3.31.